The predicted molar refractivity (Wildman–Crippen MR) is 112 cm³/mol. The number of benzene rings is 3. The van der Waals surface area contributed by atoms with E-state index in [4.69, 9.17) is 0 Å². The van der Waals surface area contributed by atoms with Gasteiger partial charge in [0.2, 0.25) is 0 Å². The van der Waals surface area contributed by atoms with Crippen molar-refractivity contribution in [2.75, 3.05) is 18.4 Å². The highest BCUT2D eigenvalue weighted by molar-refractivity contribution is 6.04. The number of carbonyl (C=O) groups excluding carboxylic acids is 3. The molecule has 0 saturated heterocycles. The van der Waals surface area contributed by atoms with Gasteiger partial charge in [0.15, 0.2) is 0 Å². The third-order valence-electron chi connectivity index (χ3n) is 4.17. The van der Waals surface area contributed by atoms with Crippen molar-refractivity contribution in [2.45, 2.75) is 0 Å². The summed E-state index contributed by atoms with van der Waals surface area (Å²) < 4.78 is 0. The van der Waals surface area contributed by atoms with E-state index in [9.17, 15) is 14.4 Å². The average molecular weight is 387 g/mol. The number of hydrogen-bond acceptors (Lipinski definition) is 3. The van der Waals surface area contributed by atoms with Crippen LogP contribution in [0.1, 0.15) is 31.1 Å². The lowest BCUT2D eigenvalue weighted by atomic mass is 10.1. The predicted octanol–water partition coefficient (Wildman–Crippen LogP) is 3.10. The lowest BCUT2D eigenvalue weighted by Gasteiger charge is -2.09. The minimum absolute atomic E-state index is 0.182. The van der Waals surface area contributed by atoms with Crippen molar-refractivity contribution in [2.24, 2.45) is 0 Å². The van der Waals surface area contributed by atoms with E-state index in [0.717, 1.165) is 0 Å². The number of rotatable bonds is 7. The molecule has 3 N–H and O–H groups in total. The van der Waals surface area contributed by atoms with Crippen LogP contribution in [0.4, 0.5) is 5.69 Å². The van der Waals surface area contributed by atoms with Gasteiger partial charge in [-0.15, -0.1) is 0 Å². The zero-order valence-electron chi connectivity index (χ0n) is 15.7. The SMILES string of the molecule is O=C(NCCNC(=O)c1ccc(NC(=O)c2ccccc2)cc1)c1ccccc1. The summed E-state index contributed by atoms with van der Waals surface area (Å²) in [6.45, 7) is 0.634. The van der Waals surface area contributed by atoms with Crippen molar-refractivity contribution >= 4 is 23.4 Å². The van der Waals surface area contributed by atoms with Gasteiger partial charge >= 0.3 is 0 Å². The first-order valence-electron chi connectivity index (χ1n) is 9.21. The Hall–Kier alpha value is -3.93. The number of hydrogen-bond donors (Lipinski definition) is 3. The molecule has 0 radical (unpaired) electrons. The summed E-state index contributed by atoms with van der Waals surface area (Å²) >= 11 is 0. The molecule has 29 heavy (non-hydrogen) atoms. The molecule has 0 bridgehead atoms. The summed E-state index contributed by atoms with van der Waals surface area (Å²) in [5.41, 5.74) is 2.21. The van der Waals surface area contributed by atoms with E-state index < -0.39 is 0 Å². The summed E-state index contributed by atoms with van der Waals surface area (Å²) in [7, 11) is 0. The van der Waals surface area contributed by atoms with Crippen LogP contribution in [0.2, 0.25) is 0 Å². The molecule has 0 aliphatic rings. The fourth-order valence-corrected chi connectivity index (χ4v) is 2.64. The monoisotopic (exact) mass is 387 g/mol. The first kappa shape index (κ1) is 19.8. The van der Waals surface area contributed by atoms with Gasteiger partial charge in [0, 0.05) is 35.5 Å². The second kappa shape index (κ2) is 9.85. The Morgan fingerprint density at radius 1 is 0.517 bits per heavy atom. The maximum Gasteiger partial charge on any atom is 0.255 e. The first-order valence-corrected chi connectivity index (χ1v) is 9.21. The first-order chi connectivity index (χ1) is 14.1. The maximum atomic E-state index is 12.2. The zero-order valence-corrected chi connectivity index (χ0v) is 15.7. The van der Waals surface area contributed by atoms with E-state index in [1.54, 1.807) is 72.8 Å². The van der Waals surface area contributed by atoms with Crippen molar-refractivity contribution in [3.8, 4) is 0 Å². The Kier molecular flexibility index (Phi) is 6.73. The Labute approximate surface area is 169 Å². The lowest BCUT2D eigenvalue weighted by molar-refractivity contribution is 0.0927. The summed E-state index contributed by atoms with van der Waals surface area (Å²) in [5, 5.41) is 8.29. The van der Waals surface area contributed by atoms with Crippen molar-refractivity contribution in [3.63, 3.8) is 0 Å². The highest BCUT2D eigenvalue weighted by Gasteiger charge is 2.08. The number of carbonyl (C=O) groups is 3. The Morgan fingerprint density at radius 3 is 1.41 bits per heavy atom. The van der Waals surface area contributed by atoms with Gasteiger partial charge in [0.1, 0.15) is 0 Å². The third kappa shape index (κ3) is 5.77. The van der Waals surface area contributed by atoms with Gasteiger partial charge in [-0.2, -0.15) is 0 Å². The van der Waals surface area contributed by atoms with E-state index in [0.29, 0.717) is 35.5 Å². The van der Waals surface area contributed by atoms with Crippen molar-refractivity contribution in [3.05, 3.63) is 102 Å². The van der Waals surface area contributed by atoms with Crippen LogP contribution in [0.3, 0.4) is 0 Å². The second-order valence-corrected chi connectivity index (χ2v) is 6.28. The number of nitrogens with one attached hydrogen (secondary N) is 3. The van der Waals surface area contributed by atoms with Gasteiger partial charge in [-0.3, -0.25) is 14.4 Å². The molecule has 0 unspecified atom stereocenters. The summed E-state index contributed by atoms with van der Waals surface area (Å²) in [6.07, 6.45) is 0. The number of anilines is 1. The summed E-state index contributed by atoms with van der Waals surface area (Å²) in [4.78, 5) is 36.3. The second-order valence-electron chi connectivity index (χ2n) is 6.28. The van der Waals surface area contributed by atoms with Gasteiger partial charge in [-0.25, -0.2) is 0 Å². The molecule has 3 aromatic rings. The molecular formula is C23H21N3O3. The van der Waals surface area contributed by atoms with Crippen LogP contribution in [-0.4, -0.2) is 30.8 Å². The normalized spacial score (nSPS) is 10.1. The molecule has 6 heteroatoms. The highest BCUT2D eigenvalue weighted by atomic mass is 16.2. The molecule has 3 aromatic carbocycles. The van der Waals surface area contributed by atoms with E-state index in [1.807, 2.05) is 12.1 Å². The molecule has 3 amide bonds. The quantitative estimate of drug-likeness (QED) is 0.545. The van der Waals surface area contributed by atoms with Crippen molar-refractivity contribution in [1.82, 2.24) is 10.6 Å². The van der Waals surface area contributed by atoms with E-state index in [1.165, 1.54) is 0 Å². The van der Waals surface area contributed by atoms with Gasteiger partial charge in [-0.05, 0) is 48.5 Å². The van der Waals surface area contributed by atoms with E-state index in [-0.39, 0.29) is 17.7 Å². The van der Waals surface area contributed by atoms with Gasteiger partial charge in [-0.1, -0.05) is 36.4 Å². The van der Waals surface area contributed by atoms with E-state index in [2.05, 4.69) is 16.0 Å². The minimum atomic E-state index is -0.250. The Bertz CT molecular complexity index is 971. The molecule has 0 aliphatic carbocycles. The van der Waals surface area contributed by atoms with E-state index >= 15 is 0 Å². The fourth-order valence-electron chi connectivity index (χ4n) is 2.64. The van der Waals surface area contributed by atoms with Gasteiger partial charge < -0.3 is 16.0 Å². The molecule has 0 aliphatic heterocycles. The Morgan fingerprint density at radius 2 is 0.931 bits per heavy atom. The third-order valence-corrected chi connectivity index (χ3v) is 4.17. The molecule has 0 heterocycles. The molecule has 0 atom stereocenters. The molecule has 146 valence electrons. The molecule has 0 aromatic heterocycles. The summed E-state index contributed by atoms with van der Waals surface area (Å²) in [6, 6.07) is 24.4. The molecular weight excluding hydrogens is 366 g/mol. The standard InChI is InChI=1S/C23H21N3O3/c27-21(17-7-3-1-4-8-17)24-15-16-25-22(28)19-11-13-20(14-12-19)26-23(29)18-9-5-2-6-10-18/h1-14H,15-16H2,(H,24,27)(H,25,28)(H,26,29). The highest BCUT2D eigenvalue weighted by Crippen LogP contribution is 2.11. The van der Waals surface area contributed by atoms with Crippen LogP contribution in [0, 0.1) is 0 Å². The number of amides is 3. The molecule has 0 saturated carbocycles. The maximum absolute atomic E-state index is 12.2. The molecule has 0 spiro atoms. The van der Waals surface area contributed by atoms with Crippen LogP contribution in [0.25, 0.3) is 0 Å². The smallest absolute Gasteiger partial charge is 0.255 e. The lowest BCUT2D eigenvalue weighted by Crippen LogP contribution is -2.34. The van der Waals surface area contributed by atoms with Crippen molar-refractivity contribution in [1.29, 1.82) is 0 Å². The zero-order chi connectivity index (χ0) is 20.5. The van der Waals surface area contributed by atoms with Crippen LogP contribution in [-0.2, 0) is 0 Å². The minimum Gasteiger partial charge on any atom is -0.350 e. The van der Waals surface area contributed by atoms with Crippen LogP contribution < -0.4 is 16.0 Å². The molecule has 3 rings (SSSR count). The molecule has 0 fully saturated rings. The topological polar surface area (TPSA) is 87.3 Å². The largest absolute Gasteiger partial charge is 0.350 e. The van der Waals surface area contributed by atoms with Gasteiger partial charge in [0.25, 0.3) is 17.7 Å². The fraction of sp³-hybridized carbons (Fsp3) is 0.0870. The van der Waals surface area contributed by atoms with Crippen molar-refractivity contribution < 1.29 is 14.4 Å². The van der Waals surface area contributed by atoms with Crippen LogP contribution in [0.15, 0.2) is 84.9 Å². The summed E-state index contributed by atoms with van der Waals surface area (Å²) in [5.74, 6) is -0.643. The Balaban J connectivity index is 1.44. The van der Waals surface area contributed by atoms with Gasteiger partial charge in [0.05, 0.1) is 0 Å². The molecule has 6 nitrogen and oxygen atoms in total. The van der Waals surface area contributed by atoms with Crippen LogP contribution in [0.5, 0.6) is 0 Å². The van der Waals surface area contributed by atoms with Crippen LogP contribution >= 0.6 is 0 Å². The average Bonchev–Trinajstić information content (AvgIpc) is 2.78.